The molecule has 0 amide bonds. The largest absolute Gasteiger partial charge is 0.324 e. The van der Waals surface area contributed by atoms with Crippen molar-refractivity contribution in [3.05, 3.63) is 63.9 Å². The molecule has 2 N–H and O–H groups in total. The van der Waals surface area contributed by atoms with E-state index < -0.39 is 0 Å². The summed E-state index contributed by atoms with van der Waals surface area (Å²) >= 11 is 3.50. The Morgan fingerprint density at radius 3 is 2.59 bits per heavy atom. The summed E-state index contributed by atoms with van der Waals surface area (Å²) in [5.74, 6) is 0. The molecule has 2 rings (SSSR count). The molecule has 1 unspecified atom stereocenters. The van der Waals surface area contributed by atoms with Gasteiger partial charge in [-0.1, -0.05) is 22.0 Å². The van der Waals surface area contributed by atoms with Crippen LogP contribution in [0.1, 0.15) is 22.7 Å². The third-order valence-electron chi connectivity index (χ3n) is 2.70. The fourth-order valence-corrected chi connectivity index (χ4v) is 2.49. The molecule has 2 aromatic rings. The van der Waals surface area contributed by atoms with E-state index in [0.717, 1.165) is 16.5 Å². The summed E-state index contributed by atoms with van der Waals surface area (Å²) in [6.07, 6.45) is 4.43. The molecule has 1 aromatic heterocycles. The average molecular weight is 291 g/mol. The third-order valence-corrected chi connectivity index (χ3v) is 3.16. The molecule has 0 fully saturated rings. The number of aromatic nitrogens is 1. The lowest BCUT2D eigenvalue weighted by molar-refractivity contribution is 0.720. The van der Waals surface area contributed by atoms with E-state index in [1.54, 1.807) is 12.4 Å². The van der Waals surface area contributed by atoms with Gasteiger partial charge in [-0.25, -0.2) is 0 Å². The molecule has 0 aliphatic rings. The van der Waals surface area contributed by atoms with Crippen molar-refractivity contribution in [3.8, 4) is 0 Å². The highest BCUT2D eigenvalue weighted by molar-refractivity contribution is 9.10. The third kappa shape index (κ3) is 3.38. The number of nitrogens with zero attached hydrogens (tertiary/aromatic N) is 1. The van der Waals surface area contributed by atoms with Gasteiger partial charge < -0.3 is 5.73 Å². The first-order valence-electron chi connectivity index (χ1n) is 5.57. The number of rotatable bonds is 3. The fraction of sp³-hybridized carbons (Fsp3) is 0.214. The van der Waals surface area contributed by atoms with Gasteiger partial charge in [-0.15, -0.1) is 0 Å². The number of hydrogen-bond donors (Lipinski definition) is 1. The SMILES string of the molecule is Cc1cc(Br)cc(C(N)Cc2ccncc2)c1. The smallest absolute Gasteiger partial charge is 0.0336 e. The van der Waals surface area contributed by atoms with Gasteiger partial charge in [0.15, 0.2) is 0 Å². The highest BCUT2D eigenvalue weighted by Gasteiger charge is 2.08. The van der Waals surface area contributed by atoms with Gasteiger partial charge >= 0.3 is 0 Å². The van der Waals surface area contributed by atoms with Crippen LogP contribution in [-0.2, 0) is 6.42 Å². The lowest BCUT2D eigenvalue weighted by atomic mass is 9.99. The minimum absolute atomic E-state index is 0.0219. The van der Waals surface area contributed by atoms with Crippen LogP contribution >= 0.6 is 15.9 Å². The topological polar surface area (TPSA) is 38.9 Å². The van der Waals surface area contributed by atoms with Crippen LogP contribution in [0.25, 0.3) is 0 Å². The lowest BCUT2D eigenvalue weighted by Crippen LogP contribution is -2.13. The van der Waals surface area contributed by atoms with Crippen molar-refractivity contribution < 1.29 is 0 Å². The molecule has 0 bridgehead atoms. The second-order valence-electron chi connectivity index (χ2n) is 4.23. The Kier molecular flexibility index (Phi) is 3.92. The lowest BCUT2D eigenvalue weighted by Gasteiger charge is -2.13. The van der Waals surface area contributed by atoms with Gasteiger partial charge in [0.05, 0.1) is 0 Å². The minimum Gasteiger partial charge on any atom is -0.324 e. The Balaban J connectivity index is 2.17. The molecule has 0 aliphatic heterocycles. The summed E-state index contributed by atoms with van der Waals surface area (Å²) in [6, 6.07) is 10.3. The van der Waals surface area contributed by atoms with Crippen molar-refractivity contribution >= 4 is 15.9 Å². The van der Waals surface area contributed by atoms with E-state index in [4.69, 9.17) is 5.73 Å². The van der Waals surface area contributed by atoms with Crippen molar-refractivity contribution in [1.82, 2.24) is 4.98 Å². The van der Waals surface area contributed by atoms with Gasteiger partial charge in [0.1, 0.15) is 0 Å². The van der Waals surface area contributed by atoms with Crippen LogP contribution in [0.2, 0.25) is 0 Å². The van der Waals surface area contributed by atoms with Gasteiger partial charge in [0, 0.05) is 22.9 Å². The van der Waals surface area contributed by atoms with Crippen molar-refractivity contribution in [2.45, 2.75) is 19.4 Å². The van der Waals surface area contributed by atoms with Gasteiger partial charge in [-0.05, 0) is 54.3 Å². The van der Waals surface area contributed by atoms with Crippen LogP contribution in [0, 0.1) is 6.92 Å². The maximum Gasteiger partial charge on any atom is 0.0336 e. The summed E-state index contributed by atoms with van der Waals surface area (Å²) in [6.45, 7) is 2.08. The molecule has 0 saturated carbocycles. The van der Waals surface area contributed by atoms with Gasteiger partial charge in [0.2, 0.25) is 0 Å². The molecule has 1 atom stereocenters. The van der Waals surface area contributed by atoms with Gasteiger partial charge in [-0.2, -0.15) is 0 Å². The van der Waals surface area contributed by atoms with Crippen LogP contribution < -0.4 is 5.73 Å². The molecule has 0 spiro atoms. The normalized spacial score (nSPS) is 12.4. The van der Waals surface area contributed by atoms with E-state index in [2.05, 4.69) is 46.0 Å². The van der Waals surface area contributed by atoms with E-state index in [0.29, 0.717) is 0 Å². The Labute approximate surface area is 110 Å². The highest BCUT2D eigenvalue weighted by atomic mass is 79.9. The number of hydrogen-bond acceptors (Lipinski definition) is 2. The van der Waals surface area contributed by atoms with Crippen LogP contribution in [0.5, 0.6) is 0 Å². The van der Waals surface area contributed by atoms with Crippen molar-refractivity contribution in [1.29, 1.82) is 0 Å². The molecule has 0 aliphatic carbocycles. The number of halogens is 1. The Morgan fingerprint density at radius 1 is 1.24 bits per heavy atom. The molecule has 1 aromatic carbocycles. The van der Waals surface area contributed by atoms with Crippen molar-refractivity contribution in [2.24, 2.45) is 5.73 Å². The molecule has 1 heterocycles. The second kappa shape index (κ2) is 5.43. The van der Waals surface area contributed by atoms with E-state index in [1.807, 2.05) is 12.1 Å². The zero-order chi connectivity index (χ0) is 12.3. The molecule has 0 radical (unpaired) electrons. The number of benzene rings is 1. The standard InChI is InChI=1S/C14H15BrN2/c1-10-6-12(9-13(15)7-10)14(16)8-11-2-4-17-5-3-11/h2-7,9,14H,8,16H2,1H3. The Hall–Kier alpha value is -1.19. The molecule has 88 valence electrons. The summed E-state index contributed by atoms with van der Waals surface area (Å²) in [5.41, 5.74) is 9.82. The number of nitrogens with two attached hydrogens (primary N) is 1. The molecular formula is C14H15BrN2. The predicted molar refractivity (Wildman–Crippen MR) is 73.7 cm³/mol. The number of aryl methyl sites for hydroxylation is 1. The van der Waals surface area contributed by atoms with E-state index >= 15 is 0 Å². The molecular weight excluding hydrogens is 276 g/mol. The van der Waals surface area contributed by atoms with Crippen LogP contribution in [0.15, 0.2) is 47.2 Å². The Morgan fingerprint density at radius 2 is 1.94 bits per heavy atom. The van der Waals surface area contributed by atoms with Crippen LogP contribution in [0.4, 0.5) is 0 Å². The number of pyridine rings is 1. The average Bonchev–Trinajstić information content (AvgIpc) is 2.29. The molecule has 3 heteroatoms. The van der Waals surface area contributed by atoms with E-state index in [1.165, 1.54) is 11.1 Å². The summed E-state index contributed by atoms with van der Waals surface area (Å²) < 4.78 is 1.08. The van der Waals surface area contributed by atoms with Crippen LogP contribution in [-0.4, -0.2) is 4.98 Å². The van der Waals surface area contributed by atoms with Gasteiger partial charge in [0.25, 0.3) is 0 Å². The van der Waals surface area contributed by atoms with Crippen molar-refractivity contribution in [3.63, 3.8) is 0 Å². The van der Waals surface area contributed by atoms with E-state index in [-0.39, 0.29) is 6.04 Å². The maximum absolute atomic E-state index is 6.22. The van der Waals surface area contributed by atoms with Crippen molar-refractivity contribution in [2.75, 3.05) is 0 Å². The molecule has 2 nitrogen and oxygen atoms in total. The van der Waals surface area contributed by atoms with E-state index in [9.17, 15) is 0 Å². The summed E-state index contributed by atoms with van der Waals surface area (Å²) in [4.78, 5) is 4.01. The Bertz CT molecular complexity index is 477. The first-order chi connectivity index (χ1) is 8.15. The summed E-state index contributed by atoms with van der Waals surface area (Å²) in [7, 11) is 0. The zero-order valence-electron chi connectivity index (χ0n) is 9.73. The maximum atomic E-state index is 6.22. The first kappa shape index (κ1) is 12.3. The fourth-order valence-electron chi connectivity index (χ4n) is 1.87. The monoisotopic (exact) mass is 290 g/mol. The zero-order valence-corrected chi connectivity index (χ0v) is 11.3. The van der Waals surface area contributed by atoms with Gasteiger partial charge in [-0.3, -0.25) is 4.98 Å². The summed E-state index contributed by atoms with van der Waals surface area (Å²) in [5, 5.41) is 0. The quantitative estimate of drug-likeness (QED) is 0.941. The van der Waals surface area contributed by atoms with Crippen LogP contribution in [0.3, 0.4) is 0 Å². The first-order valence-corrected chi connectivity index (χ1v) is 6.36. The second-order valence-corrected chi connectivity index (χ2v) is 5.14. The molecule has 17 heavy (non-hydrogen) atoms. The molecule has 0 saturated heterocycles. The predicted octanol–water partition coefficient (Wildman–Crippen LogP) is 3.40. The minimum atomic E-state index is 0.0219. The highest BCUT2D eigenvalue weighted by Crippen LogP contribution is 2.21.